The third-order valence-electron chi connectivity index (χ3n) is 4.62. The predicted molar refractivity (Wildman–Crippen MR) is 117 cm³/mol. The molecule has 0 saturated heterocycles. The predicted octanol–water partition coefficient (Wildman–Crippen LogP) is 6.82. The number of halogens is 2. The molecule has 0 radical (unpaired) electrons. The van der Waals surface area contributed by atoms with E-state index in [0.717, 1.165) is 29.0 Å². The van der Waals surface area contributed by atoms with Crippen molar-refractivity contribution in [2.75, 3.05) is 5.32 Å². The van der Waals surface area contributed by atoms with Crippen LogP contribution < -0.4 is 5.32 Å². The molecule has 1 N–H and O–H groups in total. The van der Waals surface area contributed by atoms with Gasteiger partial charge in [-0.1, -0.05) is 49.2 Å². The van der Waals surface area contributed by atoms with E-state index < -0.39 is 0 Å². The Morgan fingerprint density at radius 1 is 0.964 bits per heavy atom. The Balaban J connectivity index is 0.00000109. The summed E-state index contributed by atoms with van der Waals surface area (Å²) in [7, 11) is 0. The van der Waals surface area contributed by atoms with E-state index in [1.54, 1.807) is 36.5 Å². The number of hydrogen-bond donors (Lipinski definition) is 1. The van der Waals surface area contributed by atoms with Crippen molar-refractivity contribution in [1.82, 2.24) is 4.98 Å². The fraction of sp³-hybridized carbons (Fsp3) is 0.217. The summed E-state index contributed by atoms with van der Waals surface area (Å²) < 4.78 is 0. The Morgan fingerprint density at radius 3 is 2.36 bits per heavy atom. The van der Waals surface area contributed by atoms with Crippen molar-refractivity contribution in [3.8, 4) is 11.1 Å². The zero-order chi connectivity index (χ0) is 20.1. The van der Waals surface area contributed by atoms with Gasteiger partial charge in [0.25, 0.3) is 5.91 Å². The van der Waals surface area contributed by atoms with E-state index in [2.05, 4.69) is 22.4 Å². The SMILES string of the molecule is CC.O=C(Nc1ccc(-c2cc3c(cc2Cl)CCC3)cn1)c1ccccc1Cl. The number of pyridine rings is 1. The van der Waals surface area contributed by atoms with Gasteiger partial charge in [0.2, 0.25) is 0 Å². The lowest BCUT2D eigenvalue weighted by atomic mass is 10.0. The molecule has 1 aromatic heterocycles. The lowest BCUT2D eigenvalue weighted by Crippen LogP contribution is -2.13. The minimum atomic E-state index is -0.286. The van der Waals surface area contributed by atoms with E-state index in [0.29, 0.717) is 16.4 Å². The molecule has 28 heavy (non-hydrogen) atoms. The van der Waals surface area contributed by atoms with Gasteiger partial charge in [0, 0.05) is 22.3 Å². The third-order valence-corrected chi connectivity index (χ3v) is 5.26. The molecule has 4 rings (SSSR count). The molecule has 0 aliphatic heterocycles. The van der Waals surface area contributed by atoms with Gasteiger partial charge in [-0.15, -0.1) is 0 Å². The van der Waals surface area contributed by atoms with Crippen LogP contribution in [0.25, 0.3) is 11.1 Å². The van der Waals surface area contributed by atoms with E-state index in [1.807, 2.05) is 19.9 Å². The maximum atomic E-state index is 12.3. The van der Waals surface area contributed by atoms with Gasteiger partial charge in [0.1, 0.15) is 5.82 Å². The van der Waals surface area contributed by atoms with Crippen molar-refractivity contribution in [3.05, 3.63) is 81.5 Å². The van der Waals surface area contributed by atoms with Crippen LogP contribution in [0.2, 0.25) is 10.0 Å². The first kappa shape index (κ1) is 20.4. The highest BCUT2D eigenvalue weighted by Crippen LogP contribution is 2.34. The zero-order valence-electron chi connectivity index (χ0n) is 15.9. The van der Waals surface area contributed by atoms with Crippen LogP contribution in [-0.2, 0) is 12.8 Å². The van der Waals surface area contributed by atoms with Crippen LogP contribution in [0.1, 0.15) is 41.8 Å². The van der Waals surface area contributed by atoms with E-state index >= 15 is 0 Å². The number of carbonyl (C=O) groups excluding carboxylic acids is 1. The number of rotatable bonds is 3. The molecule has 1 amide bonds. The molecule has 0 bridgehead atoms. The summed E-state index contributed by atoms with van der Waals surface area (Å²) in [5.74, 6) is 0.183. The molecular formula is C23H22Cl2N2O. The van der Waals surface area contributed by atoms with Crippen LogP contribution in [-0.4, -0.2) is 10.9 Å². The first-order valence-electron chi connectivity index (χ1n) is 9.45. The van der Waals surface area contributed by atoms with Crippen molar-refractivity contribution in [3.63, 3.8) is 0 Å². The molecule has 0 atom stereocenters. The number of benzene rings is 2. The maximum Gasteiger partial charge on any atom is 0.258 e. The molecule has 2 aromatic carbocycles. The second-order valence-corrected chi connectivity index (χ2v) is 7.13. The summed E-state index contributed by atoms with van der Waals surface area (Å²) in [4.78, 5) is 16.7. The molecule has 144 valence electrons. The second-order valence-electron chi connectivity index (χ2n) is 6.32. The van der Waals surface area contributed by atoms with Crippen LogP contribution in [0.15, 0.2) is 54.7 Å². The Kier molecular flexibility index (Phi) is 6.71. The number of amides is 1. The number of aromatic nitrogens is 1. The fourth-order valence-electron chi connectivity index (χ4n) is 3.27. The quantitative estimate of drug-likeness (QED) is 0.512. The largest absolute Gasteiger partial charge is 0.307 e. The summed E-state index contributed by atoms with van der Waals surface area (Å²) in [5, 5.41) is 3.91. The first-order chi connectivity index (χ1) is 13.6. The lowest BCUT2D eigenvalue weighted by Gasteiger charge is -2.10. The van der Waals surface area contributed by atoms with Crippen LogP contribution >= 0.6 is 23.2 Å². The van der Waals surface area contributed by atoms with Crippen LogP contribution in [0, 0.1) is 0 Å². The monoisotopic (exact) mass is 412 g/mol. The first-order valence-corrected chi connectivity index (χ1v) is 10.2. The molecular weight excluding hydrogens is 391 g/mol. The average Bonchev–Trinajstić information content (AvgIpc) is 3.17. The number of fused-ring (bicyclic) bond motifs is 1. The van der Waals surface area contributed by atoms with E-state index in [1.165, 1.54) is 17.5 Å². The van der Waals surface area contributed by atoms with E-state index in [-0.39, 0.29) is 5.91 Å². The van der Waals surface area contributed by atoms with Gasteiger partial charge in [-0.2, -0.15) is 0 Å². The van der Waals surface area contributed by atoms with Gasteiger partial charge < -0.3 is 5.32 Å². The van der Waals surface area contributed by atoms with Gasteiger partial charge in [-0.3, -0.25) is 4.79 Å². The topological polar surface area (TPSA) is 42.0 Å². The van der Waals surface area contributed by atoms with Crippen molar-refractivity contribution in [1.29, 1.82) is 0 Å². The number of hydrogen-bond acceptors (Lipinski definition) is 2. The highest BCUT2D eigenvalue weighted by Gasteiger charge is 2.15. The van der Waals surface area contributed by atoms with Crippen LogP contribution in [0.5, 0.6) is 0 Å². The number of anilines is 1. The third kappa shape index (κ3) is 4.37. The molecule has 3 aromatic rings. The van der Waals surface area contributed by atoms with Gasteiger partial charge >= 0.3 is 0 Å². The van der Waals surface area contributed by atoms with Gasteiger partial charge in [0.15, 0.2) is 0 Å². The summed E-state index contributed by atoms with van der Waals surface area (Å²) in [6.07, 6.45) is 5.10. The highest BCUT2D eigenvalue weighted by molar-refractivity contribution is 6.34. The summed E-state index contributed by atoms with van der Waals surface area (Å²) >= 11 is 12.5. The van der Waals surface area contributed by atoms with Crippen molar-refractivity contribution >= 4 is 34.9 Å². The standard InChI is InChI=1S/C21H16Cl2N2O.C2H6/c22-18-7-2-1-6-16(18)21(26)25-20-9-8-15(12-24-20)17-10-13-4-3-5-14(13)11-19(17)23;1-2/h1-2,6-12H,3-5H2,(H,24,25,26);1-2H3. The van der Waals surface area contributed by atoms with Gasteiger partial charge in [-0.05, 0) is 66.8 Å². The minimum absolute atomic E-state index is 0.286. The Morgan fingerprint density at radius 2 is 1.68 bits per heavy atom. The van der Waals surface area contributed by atoms with Gasteiger partial charge in [0.05, 0.1) is 10.6 Å². The van der Waals surface area contributed by atoms with E-state index in [4.69, 9.17) is 23.2 Å². The Labute approximate surface area is 175 Å². The molecule has 0 spiro atoms. The summed E-state index contributed by atoms with van der Waals surface area (Å²) in [5.41, 5.74) is 5.03. The second kappa shape index (κ2) is 9.22. The minimum Gasteiger partial charge on any atom is -0.307 e. The smallest absolute Gasteiger partial charge is 0.258 e. The molecule has 5 heteroatoms. The Bertz CT molecular complexity index is 984. The average molecular weight is 413 g/mol. The molecule has 0 fully saturated rings. The van der Waals surface area contributed by atoms with E-state index in [9.17, 15) is 4.79 Å². The van der Waals surface area contributed by atoms with Crippen molar-refractivity contribution < 1.29 is 4.79 Å². The molecule has 1 aliphatic rings. The normalized spacial score (nSPS) is 12.0. The summed E-state index contributed by atoms with van der Waals surface area (Å²) in [6, 6.07) is 14.8. The zero-order valence-corrected chi connectivity index (χ0v) is 17.4. The number of aryl methyl sites for hydroxylation is 2. The maximum absolute atomic E-state index is 12.3. The van der Waals surface area contributed by atoms with Crippen molar-refractivity contribution in [2.45, 2.75) is 33.1 Å². The number of carbonyl (C=O) groups is 1. The lowest BCUT2D eigenvalue weighted by molar-refractivity contribution is 0.102. The Hall–Kier alpha value is -2.36. The molecule has 3 nitrogen and oxygen atoms in total. The molecule has 0 saturated carbocycles. The molecule has 1 heterocycles. The van der Waals surface area contributed by atoms with Crippen LogP contribution in [0.3, 0.4) is 0 Å². The molecule has 0 unspecified atom stereocenters. The molecule has 1 aliphatic carbocycles. The van der Waals surface area contributed by atoms with Gasteiger partial charge in [-0.25, -0.2) is 4.98 Å². The van der Waals surface area contributed by atoms with Crippen LogP contribution in [0.4, 0.5) is 5.82 Å². The fourth-order valence-corrected chi connectivity index (χ4v) is 3.79. The number of nitrogens with one attached hydrogen (secondary N) is 1. The number of nitrogens with zero attached hydrogens (tertiary/aromatic N) is 1. The summed E-state index contributed by atoms with van der Waals surface area (Å²) in [6.45, 7) is 4.00. The highest BCUT2D eigenvalue weighted by atomic mass is 35.5. The van der Waals surface area contributed by atoms with Crippen molar-refractivity contribution in [2.24, 2.45) is 0 Å².